The first-order valence-corrected chi connectivity index (χ1v) is 10.6. The summed E-state index contributed by atoms with van der Waals surface area (Å²) in [5, 5.41) is 10.3. The molecule has 1 saturated heterocycles. The minimum Gasteiger partial charge on any atom is -0.444 e. The highest BCUT2D eigenvalue weighted by Crippen LogP contribution is 2.29. The van der Waals surface area contributed by atoms with E-state index in [1.165, 1.54) is 17.0 Å². The van der Waals surface area contributed by atoms with E-state index in [0.717, 1.165) is 12.3 Å². The smallest absolute Gasteiger partial charge is 0.434 e. The Bertz CT molecular complexity index is 1050. The maximum atomic E-state index is 14.3. The first-order chi connectivity index (χ1) is 15.8. The number of carbonyl (C=O) groups is 2. The number of benzene rings is 1. The van der Waals surface area contributed by atoms with Crippen LogP contribution in [0.15, 0.2) is 30.6 Å². The SMILES string of the molecule is CC(C)(C)OC(=O)N1CC[C@@H](O)[C@H]1C(=O)CCc1ccc(F)c(-c2cnc(C(F)(F)F)cn2)c1. The molecule has 2 heterocycles. The summed E-state index contributed by atoms with van der Waals surface area (Å²) in [6.45, 7) is 5.27. The maximum absolute atomic E-state index is 14.3. The van der Waals surface area contributed by atoms with Crippen molar-refractivity contribution in [1.29, 1.82) is 0 Å². The first-order valence-electron chi connectivity index (χ1n) is 10.6. The standard InChI is InChI=1S/C23H25F4N3O4/c1-22(2,3)34-21(33)30-9-8-18(32)20(30)17(31)7-5-13-4-6-15(24)14(10-13)16-11-29-19(12-28-16)23(25,26)27/h4,6,10-12,18,20,32H,5,7-9H2,1-3H3/t18-,20-/m1/s1. The van der Waals surface area contributed by atoms with Gasteiger partial charge in [-0.25, -0.2) is 14.2 Å². The van der Waals surface area contributed by atoms with Crippen LogP contribution in [0.3, 0.4) is 0 Å². The van der Waals surface area contributed by atoms with Gasteiger partial charge in [0.25, 0.3) is 0 Å². The fourth-order valence-electron chi connectivity index (χ4n) is 3.64. The van der Waals surface area contributed by atoms with Crippen molar-refractivity contribution in [2.24, 2.45) is 0 Å². The Kier molecular flexibility index (Phi) is 7.25. The van der Waals surface area contributed by atoms with Gasteiger partial charge in [0.1, 0.15) is 17.5 Å². The van der Waals surface area contributed by atoms with E-state index in [1.807, 2.05) is 0 Å². The van der Waals surface area contributed by atoms with E-state index in [9.17, 15) is 32.3 Å². The second-order valence-corrected chi connectivity index (χ2v) is 9.04. The van der Waals surface area contributed by atoms with Crippen molar-refractivity contribution in [2.75, 3.05) is 6.54 Å². The zero-order chi connectivity index (χ0) is 25.3. The number of ketones is 1. The molecule has 1 aliphatic rings. The first kappa shape index (κ1) is 25.5. The van der Waals surface area contributed by atoms with E-state index in [0.29, 0.717) is 11.8 Å². The van der Waals surface area contributed by atoms with Gasteiger partial charge in [-0.15, -0.1) is 0 Å². The third kappa shape index (κ3) is 6.07. The number of carbonyl (C=O) groups excluding carboxylic acids is 2. The number of amides is 1. The van der Waals surface area contributed by atoms with Crippen LogP contribution in [0.2, 0.25) is 0 Å². The van der Waals surface area contributed by atoms with Crippen molar-refractivity contribution in [3.05, 3.63) is 47.7 Å². The van der Waals surface area contributed by atoms with Crippen molar-refractivity contribution in [3.8, 4) is 11.3 Å². The summed E-state index contributed by atoms with van der Waals surface area (Å²) in [5.74, 6) is -1.08. The predicted octanol–water partition coefficient (Wildman–Crippen LogP) is 4.17. The normalized spacial score (nSPS) is 18.8. The Morgan fingerprint density at radius 1 is 1.18 bits per heavy atom. The van der Waals surface area contributed by atoms with E-state index in [2.05, 4.69) is 9.97 Å². The van der Waals surface area contributed by atoms with Crippen LogP contribution in [0.4, 0.5) is 22.4 Å². The topological polar surface area (TPSA) is 92.6 Å². The molecule has 0 radical (unpaired) electrons. The number of likely N-dealkylation sites (tertiary alicyclic amines) is 1. The van der Waals surface area contributed by atoms with E-state index in [-0.39, 0.29) is 42.8 Å². The number of Topliss-reactive ketones (excluding diaryl/α,β-unsaturated/α-hetero) is 1. The van der Waals surface area contributed by atoms with Gasteiger partial charge in [-0.3, -0.25) is 14.7 Å². The van der Waals surface area contributed by atoms with Gasteiger partial charge in [-0.2, -0.15) is 13.2 Å². The highest BCUT2D eigenvalue weighted by Gasteiger charge is 2.42. The number of hydrogen-bond donors (Lipinski definition) is 1. The molecule has 2 aromatic rings. The Morgan fingerprint density at radius 2 is 1.88 bits per heavy atom. The van der Waals surface area contributed by atoms with Gasteiger partial charge in [0, 0.05) is 18.5 Å². The lowest BCUT2D eigenvalue weighted by molar-refractivity contribution is -0.141. The molecule has 0 aliphatic carbocycles. The van der Waals surface area contributed by atoms with Crippen LogP contribution in [0.5, 0.6) is 0 Å². The van der Waals surface area contributed by atoms with Crippen LogP contribution in [-0.4, -0.2) is 56.1 Å². The van der Waals surface area contributed by atoms with Crippen LogP contribution >= 0.6 is 0 Å². The summed E-state index contributed by atoms with van der Waals surface area (Å²) in [7, 11) is 0. The second kappa shape index (κ2) is 9.65. The lowest BCUT2D eigenvalue weighted by Gasteiger charge is -2.28. The second-order valence-electron chi connectivity index (χ2n) is 9.04. The Balaban J connectivity index is 1.71. The highest BCUT2D eigenvalue weighted by molar-refractivity contribution is 5.89. The number of rotatable bonds is 5. The largest absolute Gasteiger partial charge is 0.444 e. The molecule has 11 heteroatoms. The van der Waals surface area contributed by atoms with Crippen LogP contribution in [0.1, 0.15) is 44.9 Å². The molecule has 0 bridgehead atoms. The summed E-state index contributed by atoms with van der Waals surface area (Å²) in [5.41, 5.74) is -1.56. The number of aromatic nitrogens is 2. The van der Waals surface area contributed by atoms with Gasteiger partial charge in [0.2, 0.25) is 0 Å². The summed E-state index contributed by atoms with van der Waals surface area (Å²) >= 11 is 0. The minimum absolute atomic E-state index is 0.0508. The molecular weight excluding hydrogens is 458 g/mol. The number of aliphatic hydroxyl groups is 1. The molecule has 1 aliphatic heterocycles. The molecule has 184 valence electrons. The van der Waals surface area contributed by atoms with Crippen molar-refractivity contribution in [1.82, 2.24) is 14.9 Å². The van der Waals surface area contributed by atoms with Crippen molar-refractivity contribution in [2.45, 2.75) is 64.0 Å². The number of hydrogen-bond acceptors (Lipinski definition) is 6. The molecule has 0 saturated carbocycles. The molecule has 2 atom stereocenters. The number of halogens is 4. The summed E-state index contributed by atoms with van der Waals surface area (Å²) < 4.78 is 57.7. The van der Waals surface area contributed by atoms with Crippen LogP contribution < -0.4 is 0 Å². The molecule has 34 heavy (non-hydrogen) atoms. The van der Waals surface area contributed by atoms with Crippen LogP contribution in [0, 0.1) is 5.82 Å². The van der Waals surface area contributed by atoms with E-state index in [1.54, 1.807) is 20.8 Å². The summed E-state index contributed by atoms with van der Waals surface area (Å²) in [4.78, 5) is 33.5. The van der Waals surface area contributed by atoms with Gasteiger partial charge in [-0.1, -0.05) is 6.07 Å². The fourth-order valence-corrected chi connectivity index (χ4v) is 3.64. The Hall–Kier alpha value is -3.08. The van der Waals surface area contributed by atoms with Gasteiger partial charge >= 0.3 is 12.3 Å². The molecule has 1 fully saturated rings. The van der Waals surface area contributed by atoms with Crippen LogP contribution in [-0.2, 0) is 22.1 Å². The van der Waals surface area contributed by atoms with Gasteiger partial charge in [0.15, 0.2) is 11.5 Å². The number of ether oxygens (including phenoxy) is 1. The average molecular weight is 483 g/mol. The number of aliphatic hydroxyl groups excluding tert-OH is 1. The van der Waals surface area contributed by atoms with Crippen molar-refractivity contribution in [3.63, 3.8) is 0 Å². The van der Waals surface area contributed by atoms with Crippen molar-refractivity contribution >= 4 is 11.9 Å². The fraction of sp³-hybridized carbons (Fsp3) is 0.478. The molecule has 1 aromatic carbocycles. The van der Waals surface area contributed by atoms with Gasteiger partial charge in [-0.05, 0) is 51.3 Å². The number of aryl methyl sites for hydroxylation is 1. The molecule has 7 nitrogen and oxygen atoms in total. The molecule has 1 N–H and O–H groups in total. The third-order valence-corrected chi connectivity index (χ3v) is 5.23. The van der Waals surface area contributed by atoms with E-state index in [4.69, 9.17) is 4.74 Å². The molecule has 1 amide bonds. The van der Waals surface area contributed by atoms with Crippen molar-refractivity contribution < 1.29 is 37.0 Å². The zero-order valence-corrected chi connectivity index (χ0v) is 18.9. The quantitative estimate of drug-likeness (QED) is 0.642. The maximum Gasteiger partial charge on any atom is 0.434 e. The van der Waals surface area contributed by atoms with E-state index < -0.39 is 41.5 Å². The molecule has 0 unspecified atom stereocenters. The number of nitrogens with zero attached hydrogens (tertiary/aromatic N) is 3. The molecule has 1 aromatic heterocycles. The molecule has 3 rings (SSSR count). The summed E-state index contributed by atoms with van der Waals surface area (Å²) in [6.07, 6.45) is -4.66. The van der Waals surface area contributed by atoms with E-state index >= 15 is 0 Å². The minimum atomic E-state index is -4.66. The Morgan fingerprint density at radius 3 is 2.47 bits per heavy atom. The molecular formula is C23H25F4N3O4. The van der Waals surface area contributed by atoms with Gasteiger partial charge in [0.05, 0.1) is 24.2 Å². The zero-order valence-electron chi connectivity index (χ0n) is 18.9. The number of alkyl halides is 3. The summed E-state index contributed by atoms with van der Waals surface area (Å²) in [6, 6.07) is 2.92. The lowest BCUT2D eigenvalue weighted by atomic mass is 9.98. The highest BCUT2D eigenvalue weighted by atomic mass is 19.4. The molecule has 0 spiro atoms. The average Bonchev–Trinajstić information content (AvgIpc) is 3.13. The third-order valence-electron chi connectivity index (χ3n) is 5.23. The van der Waals surface area contributed by atoms with Crippen LogP contribution in [0.25, 0.3) is 11.3 Å². The Labute approximate surface area is 193 Å². The predicted molar refractivity (Wildman–Crippen MR) is 113 cm³/mol. The van der Waals surface area contributed by atoms with Gasteiger partial charge < -0.3 is 9.84 Å². The lowest BCUT2D eigenvalue weighted by Crippen LogP contribution is -2.47. The monoisotopic (exact) mass is 483 g/mol.